The molecular formula is C18H13NO3. The number of fused-ring (bicyclic) bond motifs is 3. The van der Waals surface area contributed by atoms with Crippen molar-refractivity contribution in [3.63, 3.8) is 0 Å². The molecule has 3 rings (SSSR count). The van der Waals surface area contributed by atoms with Gasteiger partial charge in [0.25, 0.3) is 0 Å². The van der Waals surface area contributed by atoms with E-state index < -0.39 is 17.8 Å². The molecule has 1 unspecified atom stereocenters. The van der Waals surface area contributed by atoms with Gasteiger partial charge in [0.1, 0.15) is 5.92 Å². The molecule has 0 radical (unpaired) electrons. The Balaban J connectivity index is 2.35. The first kappa shape index (κ1) is 13.9. The van der Waals surface area contributed by atoms with Gasteiger partial charge in [-0.2, -0.15) is 0 Å². The summed E-state index contributed by atoms with van der Waals surface area (Å²) >= 11 is 0. The van der Waals surface area contributed by atoms with Crippen molar-refractivity contribution in [2.45, 2.75) is 6.42 Å². The summed E-state index contributed by atoms with van der Waals surface area (Å²) in [7, 11) is 0. The highest BCUT2D eigenvalue weighted by Crippen LogP contribution is 2.32. The molecule has 1 amide bonds. The molecule has 1 aliphatic rings. The summed E-state index contributed by atoms with van der Waals surface area (Å²) in [5.74, 6) is 3.43. The van der Waals surface area contributed by atoms with Gasteiger partial charge in [-0.3, -0.25) is 9.59 Å². The number of amides is 1. The number of carbonyl (C=O) groups is 2. The summed E-state index contributed by atoms with van der Waals surface area (Å²) in [6.45, 7) is 0. The fourth-order valence-corrected chi connectivity index (χ4v) is 2.68. The number of benzene rings is 2. The van der Waals surface area contributed by atoms with E-state index in [4.69, 9.17) is 5.73 Å². The maximum atomic E-state index is 11.7. The maximum Gasteiger partial charge on any atom is 0.319 e. The summed E-state index contributed by atoms with van der Waals surface area (Å²) in [5.41, 5.74) is 8.84. The second-order valence-corrected chi connectivity index (χ2v) is 5.11. The minimum atomic E-state index is -0.947. The number of carbonyl (C=O) groups excluding carboxylic acids is 1. The third-order valence-corrected chi connectivity index (χ3v) is 3.72. The molecule has 1 aliphatic carbocycles. The van der Waals surface area contributed by atoms with Gasteiger partial charge in [0.05, 0.1) is 0 Å². The van der Waals surface area contributed by atoms with Crippen LogP contribution in [0.25, 0.3) is 11.1 Å². The van der Waals surface area contributed by atoms with E-state index in [1.54, 1.807) is 18.2 Å². The highest BCUT2D eigenvalue weighted by atomic mass is 16.4. The predicted octanol–water partition coefficient (Wildman–Crippen LogP) is 2.06. The van der Waals surface area contributed by atoms with E-state index in [0.29, 0.717) is 23.1 Å². The first-order valence-corrected chi connectivity index (χ1v) is 6.83. The smallest absolute Gasteiger partial charge is 0.319 e. The predicted molar refractivity (Wildman–Crippen MR) is 82.1 cm³/mol. The third kappa shape index (κ3) is 2.33. The molecule has 3 N–H and O–H groups in total. The van der Waals surface area contributed by atoms with Crippen molar-refractivity contribution in [3.8, 4) is 23.0 Å². The molecule has 2 aromatic rings. The summed E-state index contributed by atoms with van der Waals surface area (Å²) in [5, 5.41) is 9.29. The van der Waals surface area contributed by atoms with Crippen molar-refractivity contribution in [1.82, 2.24) is 0 Å². The quantitative estimate of drug-likeness (QED) is 0.831. The molecule has 22 heavy (non-hydrogen) atoms. The highest BCUT2D eigenvalue weighted by molar-refractivity contribution is 6.02. The van der Waals surface area contributed by atoms with Crippen LogP contribution in [0.1, 0.15) is 21.5 Å². The van der Waals surface area contributed by atoms with Crippen LogP contribution in [-0.4, -0.2) is 17.0 Å². The molecule has 0 aromatic heterocycles. The van der Waals surface area contributed by atoms with Crippen LogP contribution >= 0.6 is 0 Å². The first-order chi connectivity index (χ1) is 10.6. The Morgan fingerprint density at radius 1 is 1.14 bits per heavy atom. The molecule has 4 nitrogen and oxygen atoms in total. The van der Waals surface area contributed by atoms with Crippen molar-refractivity contribution in [2.24, 2.45) is 11.7 Å². The van der Waals surface area contributed by atoms with Crippen molar-refractivity contribution >= 4 is 11.9 Å². The van der Waals surface area contributed by atoms with Crippen LogP contribution in [0.5, 0.6) is 0 Å². The third-order valence-electron chi connectivity index (χ3n) is 3.72. The van der Waals surface area contributed by atoms with Gasteiger partial charge >= 0.3 is 5.97 Å². The van der Waals surface area contributed by atoms with Gasteiger partial charge in [-0.15, -0.1) is 0 Å². The Bertz CT molecular complexity index is 843. The van der Waals surface area contributed by atoms with Gasteiger partial charge < -0.3 is 10.8 Å². The largest absolute Gasteiger partial charge is 0.480 e. The average Bonchev–Trinajstić information content (AvgIpc) is 2.48. The van der Waals surface area contributed by atoms with Crippen molar-refractivity contribution in [3.05, 3.63) is 59.2 Å². The van der Waals surface area contributed by atoms with Gasteiger partial charge in [-0.1, -0.05) is 42.2 Å². The molecular weight excluding hydrogens is 278 g/mol. The van der Waals surface area contributed by atoms with Gasteiger partial charge in [0.15, 0.2) is 0 Å². The summed E-state index contributed by atoms with van der Waals surface area (Å²) in [4.78, 5) is 23.1. The lowest BCUT2D eigenvalue weighted by atomic mass is 9.85. The van der Waals surface area contributed by atoms with E-state index in [-0.39, 0.29) is 0 Å². The van der Waals surface area contributed by atoms with Gasteiger partial charge in [0.2, 0.25) is 5.91 Å². The average molecular weight is 291 g/mol. The van der Waals surface area contributed by atoms with E-state index in [1.807, 2.05) is 24.3 Å². The van der Waals surface area contributed by atoms with E-state index >= 15 is 0 Å². The molecule has 0 aliphatic heterocycles. The molecule has 0 heterocycles. The van der Waals surface area contributed by atoms with E-state index in [9.17, 15) is 14.7 Å². The zero-order valence-corrected chi connectivity index (χ0v) is 11.7. The van der Waals surface area contributed by atoms with Gasteiger partial charge in [-0.25, -0.2) is 0 Å². The van der Waals surface area contributed by atoms with Crippen molar-refractivity contribution in [2.75, 3.05) is 0 Å². The second-order valence-electron chi connectivity index (χ2n) is 5.11. The number of hydrogen-bond donors (Lipinski definition) is 2. The summed E-state index contributed by atoms with van der Waals surface area (Å²) < 4.78 is 0. The standard InChI is InChI=1S/C18H13NO3/c19-17(20)15-7-3-5-11-8-9-13(18(21)22)10-12-4-1-2-6-14(12)16(11)15/h1-7,13H,10H2,(H2,19,20)(H,21,22). The van der Waals surface area contributed by atoms with E-state index in [0.717, 1.165) is 11.1 Å². The second kappa shape index (κ2) is 5.38. The highest BCUT2D eigenvalue weighted by Gasteiger charge is 2.22. The molecule has 0 bridgehead atoms. The van der Waals surface area contributed by atoms with Crippen LogP contribution in [0.3, 0.4) is 0 Å². The van der Waals surface area contributed by atoms with Crippen LogP contribution in [0.2, 0.25) is 0 Å². The minimum Gasteiger partial charge on any atom is -0.480 e. The molecule has 2 aromatic carbocycles. The number of primary amides is 1. The minimum absolute atomic E-state index is 0.297. The number of hydrogen-bond acceptors (Lipinski definition) is 2. The lowest BCUT2D eigenvalue weighted by Gasteiger charge is -2.17. The number of carboxylic acids is 1. The molecule has 108 valence electrons. The van der Waals surface area contributed by atoms with Crippen LogP contribution in [-0.2, 0) is 11.2 Å². The van der Waals surface area contributed by atoms with Crippen LogP contribution in [0, 0.1) is 17.8 Å². The number of aliphatic carboxylic acids is 1. The summed E-state index contributed by atoms with van der Waals surface area (Å²) in [6, 6.07) is 12.6. The summed E-state index contributed by atoms with van der Waals surface area (Å²) in [6.07, 6.45) is 0.297. The number of rotatable bonds is 2. The van der Waals surface area contributed by atoms with Gasteiger partial charge in [-0.05, 0) is 29.7 Å². The molecule has 1 atom stereocenters. The molecule has 0 spiro atoms. The Morgan fingerprint density at radius 2 is 1.91 bits per heavy atom. The zero-order chi connectivity index (χ0) is 15.7. The van der Waals surface area contributed by atoms with Crippen molar-refractivity contribution in [1.29, 1.82) is 0 Å². The first-order valence-electron chi connectivity index (χ1n) is 6.83. The topological polar surface area (TPSA) is 80.4 Å². The van der Waals surface area contributed by atoms with Crippen molar-refractivity contribution < 1.29 is 14.7 Å². The Kier molecular flexibility index (Phi) is 3.40. The Hall–Kier alpha value is -3.06. The van der Waals surface area contributed by atoms with Crippen LogP contribution in [0.15, 0.2) is 42.5 Å². The monoisotopic (exact) mass is 291 g/mol. The fraction of sp³-hybridized carbons (Fsp3) is 0.111. The fourth-order valence-electron chi connectivity index (χ4n) is 2.68. The maximum absolute atomic E-state index is 11.7. The lowest BCUT2D eigenvalue weighted by Crippen LogP contribution is -2.18. The zero-order valence-electron chi connectivity index (χ0n) is 11.7. The van der Waals surface area contributed by atoms with E-state index in [1.165, 1.54) is 0 Å². The Labute approximate surface area is 127 Å². The van der Waals surface area contributed by atoms with Gasteiger partial charge in [0, 0.05) is 16.7 Å². The molecule has 0 saturated heterocycles. The Morgan fingerprint density at radius 3 is 2.64 bits per heavy atom. The normalized spacial score (nSPS) is 15.4. The SMILES string of the molecule is NC(=O)c1cccc2c1-c1ccccc1CC(C(=O)O)C#C2. The van der Waals surface area contributed by atoms with Crippen LogP contribution in [0.4, 0.5) is 0 Å². The molecule has 4 heteroatoms. The van der Waals surface area contributed by atoms with Crippen LogP contribution < -0.4 is 5.73 Å². The number of nitrogens with two attached hydrogens (primary N) is 1. The number of carboxylic acid groups (broad SMARTS) is 1. The lowest BCUT2D eigenvalue weighted by molar-refractivity contribution is -0.139. The molecule has 0 saturated carbocycles. The molecule has 0 fully saturated rings. The van der Waals surface area contributed by atoms with E-state index in [2.05, 4.69) is 11.8 Å².